The van der Waals surface area contributed by atoms with Crippen molar-refractivity contribution in [1.82, 2.24) is 9.80 Å². The van der Waals surface area contributed by atoms with Gasteiger partial charge in [-0.05, 0) is 75.9 Å². The van der Waals surface area contributed by atoms with Gasteiger partial charge < -0.3 is 19.3 Å². The summed E-state index contributed by atoms with van der Waals surface area (Å²) >= 11 is 0.149. The van der Waals surface area contributed by atoms with Gasteiger partial charge in [-0.25, -0.2) is 0 Å². The lowest BCUT2D eigenvalue weighted by Crippen LogP contribution is -2.25. The molecule has 0 aliphatic rings. The van der Waals surface area contributed by atoms with Gasteiger partial charge in [-0.3, -0.25) is 9.35 Å². The molecule has 0 rings (SSSR count). The average molecular weight is 668 g/mol. The third-order valence-corrected chi connectivity index (χ3v) is 8.73. The largest absolute Gasteiger partial charge is 0.616 e. The third-order valence-electron chi connectivity index (χ3n) is 7.52. The highest BCUT2D eigenvalue weighted by atomic mass is 32.7. The summed E-state index contributed by atoms with van der Waals surface area (Å²) in [5.41, 5.74) is 0. The fourth-order valence-electron chi connectivity index (χ4n) is 4.29. The zero-order valence-corrected chi connectivity index (χ0v) is 31.7. The van der Waals surface area contributed by atoms with Crippen LogP contribution in [0.15, 0.2) is 12.2 Å². The number of methoxy groups -OCH3 is 1. The van der Waals surface area contributed by atoms with Crippen LogP contribution < -0.4 is 0 Å². The van der Waals surface area contributed by atoms with Crippen LogP contribution in [0.1, 0.15) is 138 Å². The Hall–Kier alpha value is -0.540. The molecule has 10 heteroatoms. The summed E-state index contributed by atoms with van der Waals surface area (Å²) in [5, 5.41) is 0. The molecule has 0 aromatic carbocycles. The lowest BCUT2D eigenvalue weighted by atomic mass is 10.1. The van der Waals surface area contributed by atoms with Crippen molar-refractivity contribution in [3.05, 3.63) is 12.2 Å². The number of unbranched alkanes of at least 4 members (excludes halogenated alkanes) is 11. The molecule has 2 atom stereocenters. The van der Waals surface area contributed by atoms with E-state index in [2.05, 4.69) is 70.4 Å². The van der Waals surface area contributed by atoms with E-state index in [4.69, 9.17) is 18.6 Å². The zero-order valence-electron chi connectivity index (χ0n) is 30.0. The maximum absolute atomic E-state index is 11.8. The molecule has 0 aromatic heterocycles. The lowest BCUT2D eigenvalue weighted by Gasteiger charge is -2.13. The van der Waals surface area contributed by atoms with Crippen molar-refractivity contribution in [2.45, 2.75) is 144 Å². The molecule has 0 spiro atoms. The highest BCUT2D eigenvalue weighted by Gasteiger charge is 2.23. The Bertz CT molecular complexity index is 600. The molecule has 1 N–H and O–H groups in total. The van der Waals surface area contributed by atoms with E-state index in [1.807, 2.05) is 0 Å². The van der Waals surface area contributed by atoms with Crippen LogP contribution in [-0.2, 0) is 23.4 Å². The van der Waals surface area contributed by atoms with Crippen LogP contribution in [0.3, 0.4) is 0 Å². The van der Waals surface area contributed by atoms with Crippen LogP contribution >= 0.6 is 18.9 Å². The second kappa shape index (κ2) is 40.5. The molecule has 0 fully saturated rings. The highest BCUT2D eigenvalue weighted by Crippen LogP contribution is 2.35. The van der Waals surface area contributed by atoms with Gasteiger partial charge >= 0.3 is 24.9 Å². The number of ether oxygens (including phenoxy) is 2. The topological polar surface area (TPSA) is 88.5 Å². The first-order valence-electron chi connectivity index (χ1n) is 17.5. The van der Waals surface area contributed by atoms with Gasteiger partial charge in [0.2, 0.25) is 0 Å². The molecule has 264 valence electrons. The minimum atomic E-state index is -2.17. The van der Waals surface area contributed by atoms with Gasteiger partial charge in [0.25, 0.3) is 0 Å². The number of allylic oxidation sites excluding steroid dienone is 2. The van der Waals surface area contributed by atoms with Gasteiger partial charge in [-0.15, -0.1) is 4.52 Å². The highest BCUT2D eigenvalue weighted by molar-refractivity contribution is 8.47. The Balaban J connectivity index is -0.000000982. The number of carbonyl (C=O) groups is 1. The first kappa shape index (κ1) is 47.9. The standard InChI is InChI=1S/C22H41O6PS.2C6H15N/c1-3-4-5-6-7-8-9-10-11-12-13-14-15-16-17-18-22(23)27-19-21(26-2)20-28-29(24)30-25;2*1-4-7(5-2)6-3/h10-11,21H,3-9,12-20H2,1-2H3;2*4-6H2,1-3H3/p+1/b11-10-;;/t21-;;/m0../s1. The number of carbonyl (C=O) groups excluding carboxylic acids is 1. The maximum Gasteiger partial charge on any atom is 0.616 e. The van der Waals surface area contributed by atoms with E-state index in [-0.39, 0.29) is 30.8 Å². The molecule has 0 aromatic rings. The van der Waals surface area contributed by atoms with Crippen LogP contribution in [-0.4, -0.2) is 86.0 Å². The first-order valence-corrected chi connectivity index (χ1v) is 20.1. The molecule has 1 unspecified atom stereocenters. The smallest absolute Gasteiger partial charge is 0.463 e. The normalized spacial score (nSPS) is 12.1. The minimum Gasteiger partial charge on any atom is -0.463 e. The van der Waals surface area contributed by atoms with E-state index < -0.39 is 13.3 Å². The quantitative estimate of drug-likeness (QED) is 0.0288. The molecule has 8 nitrogen and oxygen atoms in total. The number of rotatable bonds is 28. The van der Waals surface area contributed by atoms with Crippen LogP contribution in [0.2, 0.25) is 0 Å². The molecule has 0 heterocycles. The summed E-state index contributed by atoms with van der Waals surface area (Å²) in [4.78, 5) is 16.5. The van der Waals surface area contributed by atoms with E-state index in [0.29, 0.717) is 6.42 Å². The van der Waals surface area contributed by atoms with Crippen LogP contribution in [0.5, 0.6) is 0 Å². The summed E-state index contributed by atoms with van der Waals surface area (Å²) in [6.45, 7) is 22.6. The summed E-state index contributed by atoms with van der Waals surface area (Å²) in [6, 6.07) is 0. The van der Waals surface area contributed by atoms with Crippen molar-refractivity contribution in [3.63, 3.8) is 0 Å². The van der Waals surface area contributed by atoms with E-state index in [1.54, 1.807) is 0 Å². The van der Waals surface area contributed by atoms with E-state index >= 15 is 0 Å². The summed E-state index contributed by atoms with van der Waals surface area (Å²) in [6.07, 6.45) is 20.4. The molecule has 44 heavy (non-hydrogen) atoms. The number of hydrogen-bond donors (Lipinski definition) is 1. The second-order valence-corrected chi connectivity index (χ2v) is 13.0. The predicted molar refractivity (Wildman–Crippen MR) is 192 cm³/mol. The Morgan fingerprint density at radius 3 is 1.52 bits per heavy atom. The van der Waals surface area contributed by atoms with Gasteiger partial charge in [0.1, 0.15) is 19.3 Å². The predicted octanol–water partition coefficient (Wildman–Crippen LogP) is 10.2. The summed E-state index contributed by atoms with van der Waals surface area (Å²) in [7, 11) is -0.708. The van der Waals surface area contributed by atoms with Crippen molar-refractivity contribution >= 4 is 24.9 Å². The Morgan fingerprint density at radius 2 is 1.14 bits per heavy atom. The van der Waals surface area contributed by atoms with Crippen molar-refractivity contribution in [2.24, 2.45) is 0 Å². The Kier molecular flexibility index (Phi) is 44.0. The van der Waals surface area contributed by atoms with Gasteiger partial charge in [0.15, 0.2) is 0 Å². The molecular weight excluding hydrogens is 595 g/mol. The molecule has 0 saturated carbocycles. The van der Waals surface area contributed by atoms with E-state index in [1.165, 1.54) is 104 Å². The fraction of sp³-hybridized carbons (Fsp3) is 0.912. The van der Waals surface area contributed by atoms with Gasteiger partial charge in [0.05, 0.1) is 0 Å². The molecule has 0 saturated heterocycles. The monoisotopic (exact) mass is 667 g/mol. The Labute approximate surface area is 278 Å². The number of esters is 1. The maximum atomic E-state index is 11.8. The van der Waals surface area contributed by atoms with Gasteiger partial charge in [0, 0.05) is 13.5 Å². The first-order chi connectivity index (χ1) is 21.3. The van der Waals surface area contributed by atoms with Crippen molar-refractivity contribution < 1.29 is 27.9 Å². The average Bonchev–Trinajstić information content (AvgIpc) is 3.05. The minimum absolute atomic E-state index is 0.0000509. The van der Waals surface area contributed by atoms with Crippen LogP contribution in [0.25, 0.3) is 0 Å². The zero-order chi connectivity index (χ0) is 33.7. The van der Waals surface area contributed by atoms with Crippen LogP contribution in [0, 0.1) is 0 Å². The molecule has 0 aliphatic heterocycles. The molecule has 0 bridgehead atoms. The van der Waals surface area contributed by atoms with E-state index in [9.17, 15) is 9.36 Å². The second-order valence-electron chi connectivity index (χ2n) is 10.7. The van der Waals surface area contributed by atoms with Crippen molar-refractivity contribution in [1.29, 1.82) is 0 Å². The molecular formula is C34H72N2O6PS+. The fourth-order valence-corrected chi connectivity index (χ4v) is 4.95. The number of hydrogen-bond acceptors (Lipinski definition) is 9. The van der Waals surface area contributed by atoms with Crippen LogP contribution in [0.4, 0.5) is 0 Å². The van der Waals surface area contributed by atoms with E-state index in [0.717, 1.165) is 25.7 Å². The number of nitrogens with zero attached hydrogens (tertiary/aromatic N) is 2. The third kappa shape index (κ3) is 37.6. The van der Waals surface area contributed by atoms with Crippen molar-refractivity contribution in [2.75, 3.05) is 59.6 Å². The SMILES string of the molecule is CCCCCCCC/C=C\CCCCCCCC(=O)OC[C@@H](CO[P+](=O)SO)OC.CCN(CC)CC.CCN(CC)CC. The molecule has 0 amide bonds. The Morgan fingerprint density at radius 1 is 0.705 bits per heavy atom. The summed E-state index contributed by atoms with van der Waals surface area (Å²) in [5.74, 6) is -0.254. The van der Waals surface area contributed by atoms with Crippen molar-refractivity contribution in [3.8, 4) is 0 Å². The van der Waals surface area contributed by atoms with Gasteiger partial charge in [-0.2, -0.15) is 0 Å². The molecule has 0 radical (unpaired) electrons. The lowest BCUT2D eigenvalue weighted by molar-refractivity contribution is -0.148. The molecule has 0 aliphatic carbocycles. The van der Waals surface area contributed by atoms with Gasteiger partial charge in [-0.1, -0.05) is 112 Å². The summed E-state index contributed by atoms with van der Waals surface area (Å²) < 4.78 is 34.7.